The Morgan fingerprint density at radius 3 is 1.33 bits per heavy atom. The summed E-state index contributed by atoms with van der Waals surface area (Å²) >= 11 is 7.11. The summed E-state index contributed by atoms with van der Waals surface area (Å²) in [6, 6.07) is 0. The Labute approximate surface area is 213 Å². The molecular weight excluding hydrogens is 552 g/mol. The average Bonchev–Trinajstić information content (AvgIpc) is 3.18. The van der Waals surface area contributed by atoms with Crippen LogP contribution in [-0.4, -0.2) is 46.1 Å². The molecule has 0 heterocycles. The predicted octanol–water partition coefficient (Wildman–Crippen LogP) is 3.93. The van der Waals surface area contributed by atoms with Crippen molar-refractivity contribution in [1.82, 2.24) is 10.6 Å². The van der Waals surface area contributed by atoms with Gasteiger partial charge < -0.3 is 10.6 Å². The molecule has 33 heavy (non-hydrogen) atoms. The minimum Gasteiger partial charge on any atom is -0.355 e. The maximum absolute atomic E-state index is 13.3. The van der Waals surface area contributed by atoms with Gasteiger partial charge in [0.1, 0.15) is 0 Å². The zero-order valence-electron chi connectivity index (χ0n) is 20.5. The number of carbonyl (C=O) groups is 4. The Morgan fingerprint density at radius 1 is 0.727 bits per heavy atom. The predicted molar refractivity (Wildman–Crippen MR) is 133 cm³/mol. The van der Waals surface area contributed by atoms with Gasteiger partial charge in [-0.25, -0.2) is 0 Å². The number of hydrogen-bond acceptors (Lipinski definition) is 4. The van der Waals surface area contributed by atoms with Crippen molar-refractivity contribution in [3.63, 3.8) is 0 Å². The van der Waals surface area contributed by atoms with Gasteiger partial charge in [-0.05, 0) is 42.9 Å². The smallest absolute Gasteiger partial charge is 0.228 e. The summed E-state index contributed by atoms with van der Waals surface area (Å²) in [4.78, 5) is 51.5. The molecule has 0 radical (unpaired) electrons. The molecule has 0 aromatic carbocycles. The normalized spacial score (nSPS) is 44.4. The first-order valence-electron chi connectivity index (χ1n) is 12.0. The van der Waals surface area contributed by atoms with Crippen LogP contribution in [0.1, 0.15) is 73.6 Å². The number of ketones is 2. The third-order valence-electron chi connectivity index (χ3n) is 11.2. The first-order chi connectivity index (χ1) is 15.1. The maximum atomic E-state index is 13.3. The lowest BCUT2D eigenvalue weighted by Crippen LogP contribution is -2.52. The molecule has 4 aliphatic rings. The number of alkyl halides is 2. The van der Waals surface area contributed by atoms with E-state index in [2.05, 4.69) is 42.5 Å². The van der Waals surface area contributed by atoms with Crippen molar-refractivity contribution >= 4 is 55.2 Å². The van der Waals surface area contributed by atoms with Crippen molar-refractivity contribution in [1.29, 1.82) is 0 Å². The molecule has 0 aliphatic heterocycles. The molecule has 4 saturated carbocycles. The molecule has 0 aromatic heterocycles. The molecule has 6 unspecified atom stereocenters. The van der Waals surface area contributed by atoms with Crippen molar-refractivity contribution in [3.05, 3.63) is 0 Å². The molecular formula is C25H36Br2N2O4. The van der Waals surface area contributed by atoms with Crippen LogP contribution in [-0.2, 0) is 19.2 Å². The Bertz CT molecular complexity index is 875. The molecule has 6 nitrogen and oxygen atoms in total. The third kappa shape index (κ3) is 2.61. The Kier molecular flexibility index (Phi) is 5.66. The quantitative estimate of drug-likeness (QED) is 0.364. The van der Waals surface area contributed by atoms with Crippen LogP contribution in [0.5, 0.6) is 0 Å². The van der Waals surface area contributed by atoms with E-state index >= 15 is 0 Å². The highest BCUT2D eigenvalue weighted by atomic mass is 79.9. The van der Waals surface area contributed by atoms with Gasteiger partial charge in [0, 0.05) is 23.9 Å². The third-order valence-corrected chi connectivity index (χ3v) is 13.6. The molecule has 0 saturated heterocycles. The highest BCUT2D eigenvalue weighted by molar-refractivity contribution is 9.10. The van der Waals surface area contributed by atoms with E-state index in [1.54, 1.807) is 0 Å². The number of Topliss-reactive ketones (excluding diaryl/α,β-unsaturated/α-hetero) is 2. The number of fused-ring (bicyclic) bond motifs is 4. The summed E-state index contributed by atoms with van der Waals surface area (Å²) in [6.45, 7) is 13.0. The lowest BCUT2D eigenvalue weighted by molar-refractivity contribution is -0.136. The second kappa shape index (κ2) is 7.37. The molecule has 6 atom stereocenters. The number of rotatable bonds is 6. The average molecular weight is 588 g/mol. The Hall–Kier alpha value is -0.760. The molecule has 8 heteroatoms. The highest BCUT2D eigenvalue weighted by Crippen LogP contribution is 2.73. The van der Waals surface area contributed by atoms with Crippen LogP contribution in [0.4, 0.5) is 0 Å². The van der Waals surface area contributed by atoms with E-state index in [1.807, 2.05) is 41.5 Å². The lowest BCUT2D eigenvalue weighted by atomic mass is 9.64. The summed E-state index contributed by atoms with van der Waals surface area (Å²) in [6.07, 6.45) is 3.43. The van der Waals surface area contributed by atoms with Gasteiger partial charge in [-0.15, -0.1) is 0 Å². The van der Waals surface area contributed by atoms with Gasteiger partial charge >= 0.3 is 0 Å². The second-order valence-electron chi connectivity index (χ2n) is 12.2. The van der Waals surface area contributed by atoms with Crippen LogP contribution in [0, 0.1) is 32.5 Å². The topological polar surface area (TPSA) is 92.3 Å². The van der Waals surface area contributed by atoms with Gasteiger partial charge in [0.2, 0.25) is 11.8 Å². The molecule has 0 spiro atoms. The first-order valence-corrected chi connectivity index (χ1v) is 13.9. The number of amides is 2. The molecule has 184 valence electrons. The fourth-order valence-electron chi connectivity index (χ4n) is 7.72. The van der Waals surface area contributed by atoms with E-state index in [9.17, 15) is 19.2 Å². The molecule has 2 amide bonds. The van der Waals surface area contributed by atoms with Gasteiger partial charge in [0.25, 0.3) is 0 Å². The van der Waals surface area contributed by atoms with Crippen molar-refractivity contribution < 1.29 is 19.2 Å². The van der Waals surface area contributed by atoms with E-state index < -0.39 is 42.1 Å². The molecule has 4 fully saturated rings. The van der Waals surface area contributed by atoms with Crippen molar-refractivity contribution in [2.24, 2.45) is 32.5 Å². The van der Waals surface area contributed by atoms with Gasteiger partial charge in [-0.1, -0.05) is 73.4 Å². The van der Waals surface area contributed by atoms with Crippen LogP contribution in [0.25, 0.3) is 0 Å². The van der Waals surface area contributed by atoms with Crippen LogP contribution >= 0.6 is 31.9 Å². The Morgan fingerprint density at radius 2 is 1.06 bits per heavy atom. The number of halogens is 2. The van der Waals surface area contributed by atoms with E-state index in [-0.39, 0.29) is 23.4 Å². The molecule has 2 N–H and O–H groups in total. The van der Waals surface area contributed by atoms with Crippen LogP contribution in [0.15, 0.2) is 0 Å². The molecule has 4 bridgehead atoms. The van der Waals surface area contributed by atoms with Gasteiger partial charge in [0.05, 0.1) is 20.5 Å². The van der Waals surface area contributed by atoms with E-state index in [1.165, 1.54) is 0 Å². The monoisotopic (exact) mass is 586 g/mol. The van der Waals surface area contributed by atoms with Gasteiger partial charge in [-0.2, -0.15) is 0 Å². The number of hydrogen-bond donors (Lipinski definition) is 2. The summed E-state index contributed by atoms with van der Waals surface area (Å²) in [7, 11) is 0. The summed E-state index contributed by atoms with van der Waals surface area (Å²) in [5.41, 5.74) is -3.31. The SMILES string of the molecule is CC12CCC(C(=O)NCCCNC(=O)C34CCC(C)(C(=O)C3Br)C4(C)C)(C(Br)C1=O)C2(C)C. The van der Waals surface area contributed by atoms with Crippen LogP contribution in [0.3, 0.4) is 0 Å². The molecule has 0 aromatic rings. The van der Waals surface area contributed by atoms with Crippen molar-refractivity contribution in [2.45, 2.75) is 83.3 Å². The highest BCUT2D eigenvalue weighted by Gasteiger charge is 2.77. The zero-order chi connectivity index (χ0) is 24.8. The van der Waals surface area contributed by atoms with Crippen molar-refractivity contribution in [2.75, 3.05) is 13.1 Å². The first kappa shape index (κ1) is 25.3. The lowest BCUT2D eigenvalue weighted by Gasteiger charge is -2.40. The van der Waals surface area contributed by atoms with Crippen LogP contribution in [0.2, 0.25) is 0 Å². The summed E-state index contributed by atoms with van der Waals surface area (Å²) in [5, 5.41) is 6.09. The van der Waals surface area contributed by atoms with Gasteiger partial charge in [-0.3, -0.25) is 19.2 Å². The standard InChI is InChI=1S/C25H36Br2N2O4/c1-20(2)22(5)8-10-24(20,14(26)16(22)30)18(32)28-12-7-13-29-19(33)25-11-9-23(6,21(25,3)4)17(31)15(25)27/h14-15H,7-13H2,1-6H3,(H,28,32)(H,29,33). The molecule has 4 aliphatic carbocycles. The fourth-order valence-corrected chi connectivity index (χ4v) is 10.7. The number of carbonyl (C=O) groups excluding carboxylic acids is 4. The van der Waals surface area contributed by atoms with E-state index in [4.69, 9.17) is 0 Å². The summed E-state index contributed by atoms with van der Waals surface area (Å²) in [5.74, 6) is 0.0935. The second-order valence-corrected chi connectivity index (χ2v) is 14.0. The molecule has 4 rings (SSSR count). The minimum absolute atomic E-state index is 0.0801. The van der Waals surface area contributed by atoms with E-state index in [0.717, 1.165) is 12.8 Å². The Balaban J connectivity index is 1.35. The van der Waals surface area contributed by atoms with E-state index in [0.29, 0.717) is 32.4 Å². The van der Waals surface area contributed by atoms with Crippen molar-refractivity contribution in [3.8, 4) is 0 Å². The largest absolute Gasteiger partial charge is 0.355 e. The van der Waals surface area contributed by atoms with Crippen LogP contribution < -0.4 is 10.6 Å². The minimum atomic E-state index is -0.743. The number of nitrogens with one attached hydrogen (secondary N) is 2. The fraction of sp³-hybridized carbons (Fsp3) is 0.840. The summed E-state index contributed by atoms with van der Waals surface area (Å²) < 4.78 is 0. The maximum Gasteiger partial charge on any atom is 0.228 e. The van der Waals surface area contributed by atoms with Gasteiger partial charge in [0.15, 0.2) is 11.6 Å². The zero-order valence-corrected chi connectivity index (χ0v) is 23.7.